The molecule has 4 rings (SSSR count). The minimum atomic E-state index is -0.277. The first-order chi connectivity index (χ1) is 14.1. The average molecular weight is 387 g/mol. The Bertz CT molecular complexity index is 1010. The zero-order valence-electron chi connectivity index (χ0n) is 16.8. The first kappa shape index (κ1) is 18.9. The minimum Gasteiger partial charge on any atom is -0.355 e. The van der Waals surface area contributed by atoms with Gasteiger partial charge in [-0.1, -0.05) is 18.2 Å². The molecule has 0 saturated carbocycles. The Kier molecular flexibility index (Phi) is 5.42. The molecule has 0 atom stereocenters. The summed E-state index contributed by atoms with van der Waals surface area (Å²) < 4.78 is 0. The van der Waals surface area contributed by atoms with Gasteiger partial charge in [-0.3, -0.25) is 0 Å². The zero-order valence-corrected chi connectivity index (χ0v) is 16.8. The van der Waals surface area contributed by atoms with Crippen molar-refractivity contribution < 1.29 is 4.79 Å². The molecule has 1 aliphatic heterocycles. The van der Waals surface area contributed by atoms with Gasteiger partial charge in [0, 0.05) is 30.0 Å². The summed E-state index contributed by atoms with van der Waals surface area (Å²) in [6, 6.07) is 17.2. The van der Waals surface area contributed by atoms with Crippen molar-refractivity contribution in [2.24, 2.45) is 0 Å². The molecule has 1 saturated heterocycles. The van der Waals surface area contributed by atoms with Crippen LogP contribution < -0.4 is 15.5 Å². The van der Waals surface area contributed by atoms with Gasteiger partial charge in [-0.15, -0.1) is 10.2 Å². The Morgan fingerprint density at radius 1 is 0.862 bits per heavy atom. The topological polar surface area (TPSA) is 70.2 Å². The highest BCUT2D eigenvalue weighted by Gasteiger charge is 2.14. The molecule has 0 aliphatic carbocycles. The van der Waals surface area contributed by atoms with Crippen molar-refractivity contribution in [3.63, 3.8) is 0 Å². The van der Waals surface area contributed by atoms with E-state index in [1.165, 1.54) is 18.4 Å². The summed E-state index contributed by atoms with van der Waals surface area (Å²) >= 11 is 0. The molecule has 0 spiro atoms. The Balaban J connectivity index is 1.44. The molecule has 29 heavy (non-hydrogen) atoms. The SMILES string of the molecule is Cc1ccc(NC(=O)Nc2cccc(-c3ccc(N4CCCC4)nn3)c2)cc1C. The van der Waals surface area contributed by atoms with Gasteiger partial charge in [0.25, 0.3) is 0 Å². The Morgan fingerprint density at radius 2 is 1.62 bits per heavy atom. The first-order valence-corrected chi connectivity index (χ1v) is 9.93. The number of aromatic nitrogens is 2. The van der Waals surface area contributed by atoms with Crippen molar-refractivity contribution >= 4 is 23.2 Å². The quantitative estimate of drug-likeness (QED) is 0.661. The fourth-order valence-corrected chi connectivity index (χ4v) is 3.46. The smallest absolute Gasteiger partial charge is 0.323 e. The molecule has 1 aliphatic rings. The molecule has 6 nitrogen and oxygen atoms in total. The minimum absolute atomic E-state index is 0.277. The van der Waals surface area contributed by atoms with Crippen molar-refractivity contribution in [1.29, 1.82) is 0 Å². The van der Waals surface area contributed by atoms with E-state index in [0.29, 0.717) is 5.69 Å². The fourth-order valence-electron chi connectivity index (χ4n) is 3.46. The van der Waals surface area contributed by atoms with Gasteiger partial charge in [0.2, 0.25) is 0 Å². The Hall–Kier alpha value is -3.41. The molecule has 1 fully saturated rings. The fraction of sp³-hybridized carbons (Fsp3) is 0.261. The van der Waals surface area contributed by atoms with Gasteiger partial charge >= 0.3 is 6.03 Å². The van der Waals surface area contributed by atoms with Gasteiger partial charge in [0.1, 0.15) is 0 Å². The van der Waals surface area contributed by atoms with E-state index in [-0.39, 0.29) is 6.03 Å². The van der Waals surface area contributed by atoms with Crippen molar-refractivity contribution in [2.75, 3.05) is 28.6 Å². The molecule has 0 radical (unpaired) electrons. The summed E-state index contributed by atoms with van der Waals surface area (Å²) in [6.07, 6.45) is 2.42. The highest BCUT2D eigenvalue weighted by molar-refractivity contribution is 6.00. The van der Waals surface area contributed by atoms with Gasteiger partial charge in [0.15, 0.2) is 5.82 Å². The third-order valence-electron chi connectivity index (χ3n) is 5.26. The number of nitrogens with one attached hydrogen (secondary N) is 2. The average Bonchev–Trinajstić information content (AvgIpc) is 3.26. The maximum Gasteiger partial charge on any atom is 0.323 e. The number of amides is 2. The summed E-state index contributed by atoms with van der Waals surface area (Å²) in [5, 5.41) is 14.5. The monoisotopic (exact) mass is 387 g/mol. The standard InChI is InChI=1S/C23H25N5O/c1-16-8-9-20(14-17(16)2)25-23(29)24-19-7-5-6-18(15-19)21-10-11-22(27-26-21)28-12-3-4-13-28/h5-11,14-15H,3-4,12-13H2,1-2H3,(H2,24,25,29). The second-order valence-electron chi connectivity index (χ2n) is 7.43. The van der Waals surface area contributed by atoms with Crippen LogP contribution in [0.15, 0.2) is 54.6 Å². The van der Waals surface area contributed by atoms with Crippen LogP contribution >= 0.6 is 0 Å². The summed E-state index contributed by atoms with van der Waals surface area (Å²) in [7, 11) is 0. The van der Waals surface area contributed by atoms with E-state index in [4.69, 9.17) is 0 Å². The highest BCUT2D eigenvalue weighted by Crippen LogP contribution is 2.23. The number of carbonyl (C=O) groups excluding carboxylic acids is 1. The van der Waals surface area contributed by atoms with E-state index in [1.807, 2.05) is 68.4 Å². The molecule has 2 aromatic carbocycles. The third kappa shape index (κ3) is 4.54. The van der Waals surface area contributed by atoms with E-state index >= 15 is 0 Å². The summed E-state index contributed by atoms with van der Waals surface area (Å²) in [5.74, 6) is 0.924. The molecule has 2 N–H and O–H groups in total. The second kappa shape index (κ2) is 8.31. The predicted octanol–water partition coefficient (Wildman–Crippen LogP) is 5.00. The third-order valence-corrected chi connectivity index (χ3v) is 5.26. The van der Waals surface area contributed by atoms with Crippen LogP contribution in [0.4, 0.5) is 22.0 Å². The molecule has 2 amide bonds. The van der Waals surface area contributed by atoms with E-state index in [2.05, 4.69) is 25.7 Å². The lowest BCUT2D eigenvalue weighted by Gasteiger charge is -2.15. The van der Waals surface area contributed by atoms with Crippen LogP contribution in [0.2, 0.25) is 0 Å². The van der Waals surface area contributed by atoms with Gasteiger partial charge in [-0.2, -0.15) is 0 Å². The molecule has 0 bridgehead atoms. The van der Waals surface area contributed by atoms with E-state index in [0.717, 1.165) is 41.4 Å². The van der Waals surface area contributed by atoms with Gasteiger partial charge < -0.3 is 15.5 Å². The van der Waals surface area contributed by atoms with E-state index in [1.54, 1.807) is 0 Å². The lowest BCUT2D eigenvalue weighted by Crippen LogP contribution is -2.19. The lowest BCUT2D eigenvalue weighted by molar-refractivity contribution is 0.262. The van der Waals surface area contributed by atoms with Crippen molar-refractivity contribution in [2.45, 2.75) is 26.7 Å². The number of urea groups is 1. The van der Waals surface area contributed by atoms with Gasteiger partial charge in [0.05, 0.1) is 5.69 Å². The van der Waals surface area contributed by atoms with E-state index in [9.17, 15) is 4.79 Å². The normalized spacial score (nSPS) is 13.4. The molecule has 148 valence electrons. The van der Waals surface area contributed by atoms with Crippen molar-refractivity contribution in [3.8, 4) is 11.3 Å². The van der Waals surface area contributed by atoms with Crippen LogP contribution in [0.3, 0.4) is 0 Å². The molecule has 0 unspecified atom stereocenters. The van der Waals surface area contributed by atoms with Crippen molar-refractivity contribution in [3.05, 3.63) is 65.7 Å². The maximum atomic E-state index is 12.4. The number of carbonyl (C=O) groups is 1. The van der Waals surface area contributed by atoms with Gasteiger partial charge in [-0.25, -0.2) is 4.79 Å². The van der Waals surface area contributed by atoms with Crippen LogP contribution in [0.5, 0.6) is 0 Å². The zero-order chi connectivity index (χ0) is 20.2. The predicted molar refractivity (Wildman–Crippen MR) is 117 cm³/mol. The number of aryl methyl sites for hydroxylation is 2. The number of rotatable bonds is 4. The number of hydrogen-bond donors (Lipinski definition) is 2. The second-order valence-corrected chi connectivity index (χ2v) is 7.43. The molecule has 6 heteroatoms. The molecule has 3 aromatic rings. The van der Waals surface area contributed by atoms with Gasteiger partial charge in [-0.05, 0) is 74.2 Å². The van der Waals surface area contributed by atoms with Crippen LogP contribution in [0.25, 0.3) is 11.3 Å². The summed E-state index contributed by atoms with van der Waals surface area (Å²) in [6.45, 7) is 6.16. The Morgan fingerprint density at radius 3 is 2.31 bits per heavy atom. The van der Waals surface area contributed by atoms with Crippen LogP contribution in [0.1, 0.15) is 24.0 Å². The summed E-state index contributed by atoms with van der Waals surface area (Å²) in [5.41, 5.74) is 5.50. The number of anilines is 3. The number of nitrogens with zero attached hydrogens (tertiary/aromatic N) is 3. The number of hydrogen-bond acceptors (Lipinski definition) is 4. The molecular weight excluding hydrogens is 362 g/mol. The van der Waals surface area contributed by atoms with E-state index < -0.39 is 0 Å². The molecule has 1 aromatic heterocycles. The van der Waals surface area contributed by atoms with Crippen LogP contribution in [-0.4, -0.2) is 29.3 Å². The lowest BCUT2D eigenvalue weighted by atomic mass is 10.1. The largest absolute Gasteiger partial charge is 0.355 e. The van der Waals surface area contributed by atoms with Crippen LogP contribution in [-0.2, 0) is 0 Å². The summed E-state index contributed by atoms with van der Waals surface area (Å²) in [4.78, 5) is 14.6. The molecule has 2 heterocycles. The highest BCUT2D eigenvalue weighted by atomic mass is 16.2. The Labute approximate surface area is 171 Å². The molecular formula is C23H25N5O. The van der Waals surface area contributed by atoms with Crippen LogP contribution in [0, 0.1) is 13.8 Å². The van der Waals surface area contributed by atoms with Crippen molar-refractivity contribution in [1.82, 2.24) is 10.2 Å². The number of benzene rings is 2. The maximum absolute atomic E-state index is 12.4. The first-order valence-electron chi connectivity index (χ1n) is 9.93.